The molecule has 0 aromatic heterocycles. The maximum Gasteiger partial charge on any atom is 0.410 e. The number of benzene rings is 5. The Bertz CT molecular complexity index is 3970. The van der Waals surface area contributed by atoms with Gasteiger partial charge in [-0.3, -0.25) is 63.0 Å². The Balaban J connectivity index is 1.09. The van der Waals surface area contributed by atoms with Crippen molar-refractivity contribution < 1.29 is 86.9 Å². The molecule has 1 aliphatic carbocycles. The zero-order valence-corrected chi connectivity index (χ0v) is 60.0. The second-order valence-corrected chi connectivity index (χ2v) is 25.6. The maximum atomic E-state index is 14.2. The second kappa shape index (κ2) is 41.2. The van der Waals surface area contributed by atoms with E-state index in [1.807, 2.05) is 60.4 Å². The van der Waals surface area contributed by atoms with E-state index in [9.17, 15) is 82.7 Å². The number of carboxylic acids is 1. The fraction of sp³-hybridized carbons (Fsp3) is 0.403. The van der Waals surface area contributed by atoms with Crippen molar-refractivity contribution in [2.45, 2.75) is 116 Å². The molecular weight excluding hydrogens is 1390 g/mol. The summed E-state index contributed by atoms with van der Waals surface area (Å²) in [5.74, 6) is -13.0. The van der Waals surface area contributed by atoms with Gasteiger partial charge in [-0.25, -0.2) is 14.4 Å². The third-order valence-corrected chi connectivity index (χ3v) is 16.6. The van der Waals surface area contributed by atoms with Crippen molar-refractivity contribution in [1.29, 1.82) is 0 Å². The third-order valence-electron chi connectivity index (χ3n) is 16.6. The number of rotatable bonds is 40. The number of nitrogens with one attached hydrogen (secondary N) is 10. The van der Waals surface area contributed by atoms with E-state index in [-0.39, 0.29) is 44.3 Å². The number of likely N-dealkylation sites (N-methyl/N-ethyl adjacent to an activating group) is 1. The van der Waals surface area contributed by atoms with Gasteiger partial charge < -0.3 is 83.5 Å². The van der Waals surface area contributed by atoms with Crippen LogP contribution in [0.1, 0.15) is 83.9 Å². The van der Waals surface area contributed by atoms with Gasteiger partial charge >= 0.3 is 18.2 Å². The van der Waals surface area contributed by atoms with Crippen LogP contribution in [0, 0.1) is 22.0 Å². The van der Waals surface area contributed by atoms with E-state index in [1.54, 1.807) is 68.4 Å². The SMILES string of the molecule is CCN(CCN(CC(=O)NCC(=O)N[C@H](C(=O)N[C@@H](CC(=O)N[C@@H](CC(C)C)C(=O)N[C@H](CNC(=O)[C@@H](NC(=O)OCc1ccccc1)[C@@H](C)O)C(=O)N[C@@H](C)C(=O)NCC(=O)NCC(N)=O)C(=O)O)C(C)C)C(=O)OCC1c2ccccc2-c2ccccc21)c1ccc(N=Nc2ccc([N+](=O)[O-])cc2)cc1. The normalized spacial score (nSPS) is 13.4. The lowest BCUT2D eigenvalue weighted by molar-refractivity contribution is -0.384. The van der Waals surface area contributed by atoms with E-state index in [1.165, 1.54) is 56.9 Å². The molecular formula is C72H90N16O19. The lowest BCUT2D eigenvalue weighted by Crippen LogP contribution is -2.61. The van der Waals surface area contributed by atoms with Gasteiger partial charge in [-0.1, -0.05) is 107 Å². The molecule has 5 aromatic carbocycles. The van der Waals surface area contributed by atoms with Crippen molar-refractivity contribution in [3.05, 3.63) is 154 Å². The van der Waals surface area contributed by atoms with Gasteiger partial charge in [-0.05, 0) is 103 Å². The van der Waals surface area contributed by atoms with Gasteiger partial charge in [0, 0.05) is 49.9 Å². The van der Waals surface area contributed by atoms with E-state index in [0.717, 1.165) is 27.9 Å². The van der Waals surface area contributed by atoms with E-state index in [2.05, 4.69) is 63.4 Å². The summed E-state index contributed by atoms with van der Waals surface area (Å²) in [6.07, 6.45) is -4.68. The summed E-state index contributed by atoms with van der Waals surface area (Å²) in [5, 5.41) is 63.7. The number of carbonyl (C=O) groups is 13. The number of anilines is 1. The quantitative estimate of drug-likeness (QED) is 0.0152. The number of azo groups is 1. The van der Waals surface area contributed by atoms with E-state index in [0.29, 0.717) is 23.5 Å². The number of hydrogen-bond donors (Lipinski definition) is 13. The number of carboxylic acid groups (broad SMARTS) is 1. The molecule has 0 radical (unpaired) electrons. The molecule has 0 unspecified atom stereocenters. The van der Waals surface area contributed by atoms with Crippen molar-refractivity contribution in [3.63, 3.8) is 0 Å². The third kappa shape index (κ3) is 26.7. The Morgan fingerprint density at radius 2 is 1.14 bits per heavy atom. The molecule has 0 saturated heterocycles. The predicted molar refractivity (Wildman–Crippen MR) is 387 cm³/mol. The molecule has 0 bridgehead atoms. The Hall–Kier alpha value is -12.4. The summed E-state index contributed by atoms with van der Waals surface area (Å²) in [7, 11) is 0. The van der Waals surface area contributed by atoms with Gasteiger partial charge in [-0.2, -0.15) is 10.2 Å². The van der Waals surface area contributed by atoms with Crippen LogP contribution in [0.5, 0.6) is 0 Å². The molecule has 1 aliphatic rings. The summed E-state index contributed by atoms with van der Waals surface area (Å²) >= 11 is 0. The van der Waals surface area contributed by atoms with Crippen molar-refractivity contribution in [3.8, 4) is 11.1 Å². The Labute approximate surface area is 615 Å². The number of nitro groups is 1. The van der Waals surface area contributed by atoms with Crippen LogP contribution < -0.4 is 63.8 Å². The van der Waals surface area contributed by atoms with Gasteiger partial charge in [-0.15, -0.1) is 0 Å². The first-order valence-corrected chi connectivity index (χ1v) is 34.3. The number of alkyl carbamates (subject to hydrolysis) is 1. The standard InChI is InChI=1S/C72H90N16O19/c1-8-86(48-26-22-46(23-27-48)84-85-47-24-28-49(29-25-47)88(104)105)30-31-87(72(103)107-40-54-52-20-14-12-18-50(52)51-19-13-15-21-53(51)54)38-62(94)75-37-61(93)82-63(42(4)5)69(99)80-56(70(100)101)33-59(91)79-55(32-41(2)3)66(96)81-57(67(97)78-43(6)65(95)77-36-60(92)74-35-58(73)90)34-76-68(98)64(44(7)89)83-71(102)106-39-45-16-10-9-11-17-45/h9-29,41-44,54-57,63-64,89H,8,30-40H2,1-7H3,(H2,73,90)(H,74,92)(H,75,94)(H,76,98)(H,77,95)(H,78,97)(H,79,91)(H,80,99)(H,81,96)(H,82,93)(H,83,102)(H,100,101)/t43-,44+,55-,56-,57+,63-,64-/m0/s1. The molecule has 0 fully saturated rings. The lowest BCUT2D eigenvalue weighted by atomic mass is 9.98. The number of nitro benzene ring substituents is 1. The Morgan fingerprint density at radius 3 is 1.71 bits per heavy atom. The topological polar surface area (TPSA) is 501 Å². The number of nitrogens with two attached hydrogens (primary N) is 1. The minimum Gasteiger partial charge on any atom is -0.480 e. The summed E-state index contributed by atoms with van der Waals surface area (Å²) in [5.41, 5.74) is 11.0. The van der Waals surface area contributed by atoms with Crippen LogP contribution in [-0.2, 0) is 68.8 Å². The second-order valence-electron chi connectivity index (χ2n) is 25.6. The largest absolute Gasteiger partial charge is 0.480 e. The van der Waals surface area contributed by atoms with Crippen LogP contribution in [0.2, 0.25) is 0 Å². The summed E-state index contributed by atoms with van der Waals surface area (Å²) in [6, 6.07) is 26.5. The molecule has 14 N–H and O–H groups in total. The molecule has 0 heterocycles. The summed E-state index contributed by atoms with van der Waals surface area (Å²) in [4.78, 5) is 187. The molecule has 6 rings (SSSR count). The van der Waals surface area contributed by atoms with E-state index >= 15 is 0 Å². The van der Waals surface area contributed by atoms with Crippen LogP contribution in [0.4, 0.5) is 32.3 Å². The smallest absolute Gasteiger partial charge is 0.410 e. The van der Waals surface area contributed by atoms with Gasteiger partial charge in [0.25, 0.3) is 5.69 Å². The van der Waals surface area contributed by atoms with Crippen LogP contribution in [0.25, 0.3) is 11.1 Å². The number of amides is 12. The number of hydrogen-bond acceptors (Lipinski definition) is 21. The first kappa shape index (κ1) is 83.5. The first-order chi connectivity index (χ1) is 50.9. The van der Waals surface area contributed by atoms with Crippen molar-refractivity contribution in [2.75, 3.05) is 63.9 Å². The highest BCUT2D eigenvalue weighted by atomic mass is 16.6. The predicted octanol–water partition coefficient (Wildman–Crippen LogP) is 2.33. The average Bonchev–Trinajstić information content (AvgIpc) is 1.62. The molecule has 572 valence electrons. The molecule has 35 heteroatoms. The van der Waals surface area contributed by atoms with Crippen LogP contribution in [-0.4, -0.2) is 199 Å². The minimum atomic E-state index is -2.00. The monoisotopic (exact) mass is 1480 g/mol. The highest BCUT2D eigenvalue weighted by molar-refractivity contribution is 5.98. The van der Waals surface area contributed by atoms with Crippen molar-refractivity contribution >= 4 is 100.0 Å². The maximum absolute atomic E-state index is 14.2. The highest BCUT2D eigenvalue weighted by Gasteiger charge is 2.36. The number of nitrogens with zero attached hydrogens (tertiary/aromatic N) is 5. The lowest BCUT2D eigenvalue weighted by Gasteiger charge is -2.28. The highest BCUT2D eigenvalue weighted by Crippen LogP contribution is 2.44. The molecule has 107 heavy (non-hydrogen) atoms. The van der Waals surface area contributed by atoms with E-state index in [4.69, 9.17) is 15.2 Å². The molecule has 0 saturated carbocycles. The number of aliphatic carboxylic acids is 1. The number of non-ortho nitro benzene ring substituents is 1. The molecule has 0 aliphatic heterocycles. The molecule has 5 aromatic rings. The van der Waals surface area contributed by atoms with Crippen molar-refractivity contribution in [1.82, 2.24) is 58.1 Å². The molecule has 0 spiro atoms. The van der Waals surface area contributed by atoms with Gasteiger partial charge in [0.05, 0.1) is 48.5 Å². The van der Waals surface area contributed by atoms with Crippen LogP contribution in [0.15, 0.2) is 138 Å². The number of aliphatic hydroxyl groups is 1. The summed E-state index contributed by atoms with van der Waals surface area (Å²) < 4.78 is 11.2. The Morgan fingerprint density at radius 1 is 0.570 bits per heavy atom. The van der Waals surface area contributed by atoms with E-state index < -0.39 is 175 Å². The first-order valence-electron chi connectivity index (χ1n) is 34.3. The number of carbonyl (C=O) groups excluding carboxylic acids is 12. The van der Waals surface area contributed by atoms with Gasteiger partial charge in [0.15, 0.2) is 0 Å². The molecule has 7 atom stereocenters. The fourth-order valence-electron chi connectivity index (χ4n) is 10.9. The number of aliphatic hydroxyl groups excluding tert-OH is 1. The average molecular weight is 1480 g/mol. The molecule has 12 amide bonds. The Kier molecular flexibility index (Phi) is 32.1. The van der Waals surface area contributed by atoms with Crippen molar-refractivity contribution in [2.24, 2.45) is 27.8 Å². The van der Waals surface area contributed by atoms with Gasteiger partial charge in [0.1, 0.15) is 56.0 Å². The number of ether oxygens (including phenoxy) is 2. The minimum absolute atomic E-state index is 0.0582. The van der Waals surface area contributed by atoms with Gasteiger partial charge in [0.2, 0.25) is 59.1 Å². The fourth-order valence-corrected chi connectivity index (χ4v) is 10.9. The number of primary amides is 1. The van der Waals surface area contributed by atoms with Crippen LogP contribution >= 0.6 is 0 Å². The number of fused-ring (bicyclic) bond motifs is 3. The zero-order chi connectivity index (χ0) is 78.4. The summed E-state index contributed by atoms with van der Waals surface area (Å²) in [6.45, 7) is 7.58. The molecule has 35 nitrogen and oxygen atoms in total. The van der Waals surface area contributed by atoms with Crippen LogP contribution in [0.3, 0.4) is 0 Å². The zero-order valence-electron chi connectivity index (χ0n) is 60.0.